The zero-order chi connectivity index (χ0) is 9.36. The fraction of sp³-hybridized carbons (Fsp3) is 0.750. The van der Waals surface area contributed by atoms with Gasteiger partial charge >= 0.3 is 0 Å². The molecule has 0 bridgehead atoms. The summed E-state index contributed by atoms with van der Waals surface area (Å²) in [6.45, 7) is 0. The summed E-state index contributed by atoms with van der Waals surface area (Å²) >= 11 is 0. The van der Waals surface area contributed by atoms with Gasteiger partial charge in [-0.25, -0.2) is 0 Å². The van der Waals surface area contributed by atoms with Crippen LogP contribution in [0, 0.1) is 0 Å². The molecule has 0 spiro atoms. The number of allylic oxidation sites excluding steroid dienone is 2. The second-order valence-corrected chi connectivity index (χ2v) is 3.91. The second kappa shape index (κ2) is 6.88. The van der Waals surface area contributed by atoms with Crippen molar-refractivity contribution in [2.75, 3.05) is 0 Å². The SMILES string of the molecule is O=CC1=CCCCCCCCCC1. The first-order valence-electron chi connectivity index (χ1n) is 5.57. The van der Waals surface area contributed by atoms with E-state index in [-0.39, 0.29) is 0 Å². The van der Waals surface area contributed by atoms with Gasteiger partial charge in [-0.15, -0.1) is 0 Å². The Kier molecular flexibility index (Phi) is 5.55. The first-order valence-corrected chi connectivity index (χ1v) is 5.57. The normalized spacial score (nSPS) is 21.4. The van der Waals surface area contributed by atoms with Crippen LogP contribution in [0.5, 0.6) is 0 Å². The number of hydrogen-bond acceptors (Lipinski definition) is 1. The molecule has 0 unspecified atom stereocenters. The average Bonchev–Trinajstić information content (AvgIpc) is 2.22. The zero-order valence-electron chi connectivity index (χ0n) is 8.43. The predicted octanol–water partition coefficient (Wildman–Crippen LogP) is 3.64. The Labute approximate surface area is 81.2 Å². The third kappa shape index (κ3) is 4.87. The average molecular weight is 180 g/mol. The molecule has 0 atom stereocenters. The summed E-state index contributed by atoms with van der Waals surface area (Å²) in [5, 5.41) is 0. The lowest BCUT2D eigenvalue weighted by atomic mass is 10.1. The molecule has 0 aromatic rings. The predicted molar refractivity (Wildman–Crippen MR) is 55.7 cm³/mol. The Bertz CT molecular complexity index is 170. The fourth-order valence-electron chi connectivity index (χ4n) is 1.85. The zero-order valence-corrected chi connectivity index (χ0v) is 8.43. The van der Waals surface area contributed by atoms with Gasteiger partial charge in [0, 0.05) is 0 Å². The van der Waals surface area contributed by atoms with Crippen LogP contribution in [0.2, 0.25) is 0 Å². The molecule has 1 heteroatoms. The molecule has 0 heterocycles. The van der Waals surface area contributed by atoms with Crippen LogP contribution >= 0.6 is 0 Å². The Hall–Kier alpha value is -0.590. The quantitative estimate of drug-likeness (QED) is 0.563. The van der Waals surface area contributed by atoms with Crippen LogP contribution in [0.4, 0.5) is 0 Å². The van der Waals surface area contributed by atoms with Crippen molar-refractivity contribution >= 4 is 6.29 Å². The summed E-state index contributed by atoms with van der Waals surface area (Å²) < 4.78 is 0. The van der Waals surface area contributed by atoms with Gasteiger partial charge in [-0.3, -0.25) is 4.79 Å². The Morgan fingerprint density at radius 1 is 0.923 bits per heavy atom. The summed E-state index contributed by atoms with van der Waals surface area (Å²) in [7, 11) is 0. The molecular weight excluding hydrogens is 160 g/mol. The second-order valence-electron chi connectivity index (χ2n) is 3.91. The molecule has 74 valence electrons. The molecule has 1 aliphatic carbocycles. The lowest BCUT2D eigenvalue weighted by molar-refractivity contribution is -0.105. The van der Waals surface area contributed by atoms with Crippen LogP contribution in [-0.4, -0.2) is 6.29 Å². The van der Waals surface area contributed by atoms with E-state index in [2.05, 4.69) is 6.08 Å². The van der Waals surface area contributed by atoms with Gasteiger partial charge in [0.2, 0.25) is 0 Å². The molecule has 0 aliphatic heterocycles. The largest absolute Gasteiger partial charge is 0.298 e. The van der Waals surface area contributed by atoms with E-state index >= 15 is 0 Å². The summed E-state index contributed by atoms with van der Waals surface area (Å²) in [4.78, 5) is 10.6. The van der Waals surface area contributed by atoms with Crippen molar-refractivity contribution in [1.82, 2.24) is 0 Å². The van der Waals surface area contributed by atoms with Crippen LogP contribution in [0.25, 0.3) is 0 Å². The van der Waals surface area contributed by atoms with Crippen LogP contribution in [0.1, 0.15) is 57.8 Å². The van der Waals surface area contributed by atoms with E-state index in [4.69, 9.17) is 0 Å². The minimum absolute atomic E-state index is 1.00. The van der Waals surface area contributed by atoms with Crippen molar-refractivity contribution in [3.63, 3.8) is 0 Å². The van der Waals surface area contributed by atoms with E-state index in [0.717, 1.165) is 24.7 Å². The standard InChI is InChI=1S/C12H20O/c13-11-12-9-7-5-3-1-2-4-6-8-10-12/h9,11H,1-8,10H2. The molecule has 0 aromatic heterocycles. The van der Waals surface area contributed by atoms with E-state index in [1.165, 1.54) is 44.9 Å². The number of rotatable bonds is 1. The van der Waals surface area contributed by atoms with E-state index in [1.807, 2.05) is 0 Å². The van der Waals surface area contributed by atoms with Crippen molar-refractivity contribution < 1.29 is 4.79 Å². The Morgan fingerprint density at radius 3 is 2.23 bits per heavy atom. The van der Waals surface area contributed by atoms with Crippen LogP contribution in [0.15, 0.2) is 11.6 Å². The maximum absolute atomic E-state index is 10.6. The lowest BCUT2D eigenvalue weighted by Gasteiger charge is -1.99. The van der Waals surface area contributed by atoms with Gasteiger partial charge in [0.15, 0.2) is 0 Å². The molecular formula is C12H20O. The molecule has 0 fully saturated rings. The third-order valence-electron chi connectivity index (χ3n) is 2.73. The molecule has 0 N–H and O–H groups in total. The maximum Gasteiger partial charge on any atom is 0.145 e. The molecule has 0 saturated heterocycles. The number of carbonyl (C=O) groups is 1. The van der Waals surface area contributed by atoms with E-state index in [1.54, 1.807) is 0 Å². The Balaban J connectivity index is 2.35. The first-order chi connectivity index (χ1) is 6.43. The number of carbonyl (C=O) groups excluding carboxylic acids is 1. The van der Waals surface area contributed by atoms with Gasteiger partial charge in [0.1, 0.15) is 6.29 Å². The van der Waals surface area contributed by atoms with Gasteiger partial charge in [-0.05, 0) is 31.3 Å². The summed E-state index contributed by atoms with van der Waals surface area (Å²) in [5.74, 6) is 0. The van der Waals surface area contributed by atoms with Crippen LogP contribution in [-0.2, 0) is 4.79 Å². The maximum atomic E-state index is 10.6. The smallest absolute Gasteiger partial charge is 0.145 e. The minimum atomic E-state index is 1.00. The van der Waals surface area contributed by atoms with Gasteiger partial charge in [0.25, 0.3) is 0 Å². The Morgan fingerprint density at radius 2 is 1.54 bits per heavy atom. The van der Waals surface area contributed by atoms with E-state index in [9.17, 15) is 4.79 Å². The monoisotopic (exact) mass is 180 g/mol. The van der Waals surface area contributed by atoms with E-state index in [0.29, 0.717) is 0 Å². The summed E-state index contributed by atoms with van der Waals surface area (Å²) in [5.41, 5.74) is 1.03. The van der Waals surface area contributed by atoms with Crippen molar-refractivity contribution in [3.8, 4) is 0 Å². The van der Waals surface area contributed by atoms with Crippen LogP contribution < -0.4 is 0 Å². The minimum Gasteiger partial charge on any atom is -0.298 e. The van der Waals surface area contributed by atoms with Crippen molar-refractivity contribution in [2.45, 2.75) is 57.8 Å². The van der Waals surface area contributed by atoms with Gasteiger partial charge in [-0.1, -0.05) is 38.2 Å². The van der Waals surface area contributed by atoms with Crippen molar-refractivity contribution in [1.29, 1.82) is 0 Å². The third-order valence-corrected chi connectivity index (χ3v) is 2.73. The van der Waals surface area contributed by atoms with Crippen molar-refractivity contribution in [2.24, 2.45) is 0 Å². The molecule has 0 radical (unpaired) electrons. The van der Waals surface area contributed by atoms with E-state index < -0.39 is 0 Å². The highest BCUT2D eigenvalue weighted by molar-refractivity contribution is 5.72. The molecule has 0 amide bonds. The van der Waals surface area contributed by atoms with Crippen LogP contribution in [0.3, 0.4) is 0 Å². The molecule has 0 saturated carbocycles. The highest BCUT2D eigenvalue weighted by Crippen LogP contribution is 2.15. The highest BCUT2D eigenvalue weighted by Gasteiger charge is 1.98. The topological polar surface area (TPSA) is 17.1 Å². The number of aldehydes is 1. The number of hydrogen-bond donors (Lipinski definition) is 0. The lowest BCUT2D eigenvalue weighted by Crippen LogP contribution is -1.85. The first kappa shape index (κ1) is 10.5. The summed E-state index contributed by atoms with van der Waals surface area (Å²) in [6, 6.07) is 0. The molecule has 0 aromatic carbocycles. The molecule has 1 rings (SSSR count). The summed E-state index contributed by atoms with van der Waals surface area (Å²) in [6.07, 6.45) is 14.5. The van der Waals surface area contributed by atoms with Gasteiger partial charge in [-0.2, -0.15) is 0 Å². The fourth-order valence-corrected chi connectivity index (χ4v) is 1.85. The van der Waals surface area contributed by atoms with Gasteiger partial charge < -0.3 is 0 Å². The highest BCUT2D eigenvalue weighted by atomic mass is 16.1. The van der Waals surface area contributed by atoms with Crippen molar-refractivity contribution in [3.05, 3.63) is 11.6 Å². The molecule has 1 aliphatic rings. The van der Waals surface area contributed by atoms with Gasteiger partial charge in [0.05, 0.1) is 0 Å². The molecule has 1 nitrogen and oxygen atoms in total. The molecule has 13 heavy (non-hydrogen) atoms.